The van der Waals surface area contributed by atoms with Crippen LogP contribution in [-0.2, 0) is 80.4 Å². The summed E-state index contributed by atoms with van der Waals surface area (Å²) in [5.74, 6) is -2.09. The largest absolute Gasteiger partial charge is 0.490 e. The van der Waals surface area contributed by atoms with Crippen LogP contribution in [0.5, 0.6) is 0 Å². The number of hydrogen-bond donors (Lipinski definition) is 13. The first-order chi connectivity index (χ1) is 37.6. The second-order valence-corrected chi connectivity index (χ2v) is 23.8. The molecule has 0 radical (unpaired) electrons. The Balaban J connectivity index is 0.881. The van der Waals surface area contributed by atoms with Crippen LogP contribution in [0.25, 0.3) is 33.4 Å². The van der Waals surface area contributed by atoms with Gasteiger partial charge in [0.1, 0.15) is 49.5 Å². The highest BCUT2D eigenvalue weighted by atomic mass is 31.3. The van der Waals surface area contributed by atoms with E-state index in [9.17, 15) is 67.5 Å². The number of fused-ring (bicyclic) bond motifs is 3. The number of imidazole rings is 2. The fourth-order valence-corrected chi connectivity index (χ4v) is 13.5. The number of aliphatic hydroxyl groups excluding tert-OH is 3. The number of aromatic amines is 3. The first-order valence-electron chi connectivity index (χ1n) is 22.9. The Labute approximate surface area is 444 Å². The summed E-state index contributed by atoms with van der Waals surface area (Å²) in [4.78, 5) is 104. The first kappa shape index (κ1) is 59.3. The summed E-state index contributed by atoms with van der Waals surface area (Å²) in [7, 11) is -19.7. The Morgan fingerprint density at radius 2 is 1.29 bits per heavy atom. The second-order valence-electron chi connectivity index (χ2n) is 17.7. The molecule has 5 unspecified atom stereocenters. The molecule has 0 saturated carbocycles. The third kappa shape index (κ3) is 12.2. The lowest BCUT2D eigenvalue weighted by atomic mass is 9.99. The van der Waals surface area contributed by atoms with Gasteiger partial charge in [-0.25, -0.2) is 27.8 Å². The molecule has 80 heavy (non-hydrogen) atoms. The zero-order valence-corrected chi connectivity index (χ0v) is 44.8. The average molecular weight is 1220 g/mol. The van der Waals surface area contributed by atoms with Crippen molar-refractivity contribution in [2.24, 2.45) is 13.0 Å². The second kappa shape index (κ2) is 22.8. The van der Waals surface area contributed by atoms with Crippen LogP contribution in [-0.4, -0.2) is 180 Å². The minimum atomic E-state index is -6.23. The van der Waals surface area contributed by atoms with E-state index in [4.69, 9.17) is 63.7 Å². The van der Waals surface area contributed by atoms with Gasteiger partial charge in [-0.2, -0.15) is 18.6 Å². The van der Waals surface area contributed by atoms with Crippen LogP contribution in [0.15, 0.2) is 39.3 Å². The fourth-order valence-electron chi connectivity index (χ4n) is 9.06. The van der Waals surface area contributed by atoms with E-state index in [-0.39, 0.29) is 64.6 Å². The molecule has 3 saturated heterocycles. The number of nitrogens with two attached hydrogens (primary N) is 3. The zero-order chi connectivity index (χ0) is 58.0. The fraction of sp³-hybridized carbons (Fsp3) is 0.556. The number of phosphoric ester groups is 3. The van der Waals surface area contributed by atoms with E-state index in [1.807, 2.05) is 0 Å². The summed E-state index contributed by atoms with van der Waals surface area (Å²) in [6, 6.07) is 1.28. The monoisotopic (exact) mass is 1220 g/mol. The van der Waals surface area contributed by atoms with Crippen molar-refractivity contribution in [3.8, 4) is 0 Å². The van der Waals surface area contributed by atoms with Gasteiger partial charge in [-0.3, -0.25) is 56.6 Å². The van der Waals surface area contributed by atoms with Gasteiger partial charge < -0.3 is 85.1 Å². The quantitative estimate of drug-likeness (QED) is 0.0126. The minimum Gasteiger partial charge on any atom is -0.387 e. The van der Waals surface area contributed by atoms with E-state index in [2.05, 4.69) is 43.5 Å². The summed E-state index contributed by atoms with van der Waals surface area (Å²) < 4.78 is 121. The standard InChI is InChI=1S/C36H50N14O26P4/c1-47-11-50(27-19(47)30(56)46-36(39)43-27)31-20(51)14(6-67-12-65-2)15(71-31)7-69-78(59,60)75-80(63,64)76-79(61,62)70-9-17-23(24(66-3)33(73-17)48-5-4-13-25(48)41-34(37)44-28(13)54)74-77(57,58)68-8-16-21(52)22(53)32(72-16)49-10-40-18-26(49)42-35(38)45-29(18)55/h4-5,10-11,14-17,20-24,31-33,51-53H,6-9,12H2,1-3H3,(H12-,37,38,39,41,42,43,44,45,46,54,55,56,57,58,59,60,61,62,63,64)/p+1/t14-,15-,16-,17-,20-,21-,22-,23-,24-,31?,32-,33-/m1/s1. The molecule has 0 spiro atoms. The maximum Gasteiger partial charge on any atom is 0.490 e. The number of nitrogens with one attached hydrogen (secondary N) is 3. The SMILES string of the molecule is COCOC[C@@H]1[C@@H](COP(=O)(O)OP(=O)(O)OP(=O)(O)OC[C@H]2O[C@@H](n3ccc4c(=O)[nH]c(N)nc43)[C@H](OC)[C@@H]2OP(=O)(O)OC[C@H]2O[C@@H](n3cnc4c(=O)[nH]c(N)nc43)[C@H](O)[C@@H]2O)OC([n+]2cn(C)c3c(=O)[nH]c(N)nc32)[C@@H]1O. The van der Waals surface area contributed by atoms with Crippen molar-refractivity contribution in [2.75, 3.05) is 64.6 Å². The third-order valence-corrected chi connectivity index (χ3v) is 17.7. The van der Waals surface area contributed by atoms with Crippen LogP contribution in [0.3, 0.4) is 0 Å². The number of hydrogen-bond acceptors (Lipinski definition) is 29. The number of aromatic nitrogens is 11. The number of anilines is 3. The Morgan fingerprint density at radius 3 is 1.96 bits per heavy atom. The Kier molecular flexibility index (Phi) is 16.9. The van der Waals surface area contributed by atoms with Crippen LogP contribution in [0, 0.1) is 5.92 Å². The van der Waals surface area contributed by atoms with Gasteiger partial charge in [-0.15, -0.1) is 0 Å². The molecule has 0 aliphatic carbocycles. The molecule has 16 atom stereocenters. The predicted octanol–water partition coefficient (Wildman–Crippen LogP) is -3.94. The zero-order valence-electron chi connectivity index (χ0n) is 41.3. The number of methoxy groups -OCH3 is 2. The van der Waals surface area contributed by atoms with Crippen molar-refractivity contribution in [1.29, 1.82) is 0 Å². The molecule has 9 heterocycles. The molecule has 3 aliphatic rings. The molecule has 3 fully saturated rings. The Morgan fingerprint density at radius 1 is 0.688 bits per heavy atom. The lowest BCUT2D eigenvalue weighted by Gasteiger charge is -2.26. The van der Waals surface area contributed by atoms with Crippen molar-refractivity contribution in [3.05, 3.63) is 56.0 Å². The van der Waals surface area contributed by atoms with E-state index in [1.54, 1.807) is 0 Å². The number of H-pyrrole nitrogens is 3. The Hall–Kier alpha value is -5.32. The molecule has 440 valence electrons. The maximum atomic E-state index is 13.8. The van der Waals surface area contributed by atoms with Gasteiger partial charge in [0.25, 0.3) is 22.6 Å². The maximum absolute atomic E-state index is 13.8. The van der Waals surface area contributed by atoms with Gasteiger partial charge in [-0.1, -0.05) is 4.98 Å². The van der Waals surface area contributed by atoms with Crippen LogP contribution in [0.2, 0.25) is 0 Å². The van der Waals surface area contributed by atoms with E-state index in [0.717, 1.165) is 22.6 Å². The third-order valence-electron chi connectivity index (χ3n) is 12.5. The summed E-state index contributed by atoms with van der Waals surface area (Å²) in [6.07, 6.45) is -14.4. The van der Waals surface area contributed by atoms with E-state index in [0.29, 0.717) is 0 Å². The number of rotatable bonds is 23. The molecule has 6 aromatic rings. The molecule has 3 aliphatic heterocycles. The number of nitrogen functional groups attached to an aromatic ring is 3. The molecule has 0 aromatic carbocycles. The van der Waals surface area contributed by atoms with Gasteiger partial charge in [0.2, 0.25) is 23.6 Å². The van der Waals surface area contributed by atoms with Gasteiger partial charge in [0.05, 0.1) is 51.3 Å². The van der Waals surface area contributed by atoms with E-state index in [1.165, 1.54) is 41.9 Å². The van der Waals surface area contributed by atoms with Gasteiger partial charge in [0.15, 0.2) is 35.6 Å². The van der Waals surface area contributed by atoms with Gasteiger partial charge >= 0.3 is 36.9 Å². The van der Waals surface area contributed by atoms with Crippen molar-refractivity contribution in [3.63, 3.8) is 0 Å². The van der Waals surface area contributed by atoms with Crippen LogP contribution < -0.4 is 38.4 Å². The summed E-state index contributed by atoms with van der Waals surface area (Å²) in [5, 5.41) is 33.1. The smallest absolute Gasteiger partial charge is 0.387 e. The molecule has 6 aromatic heterocycles. The average Bonchev–Trinajstić information content (AvgIpc) is 4.21. The summed E-state index contributed by atoms with van der Waals surface area (Å²) in [5.41, 5.74) is 14.6. The minimum absolute atomic E-state index is 0.0138. The summed E-state index contributed by atoms with van der Waals surface area (Å²) >= 11 is 0. The highest BCUT2D eigenvalue weighted by molar-refractivity contribution is 7.66. The highest BCUT2D eigenvalue weighted by Gasteiger charge is 2.54. The number of phosphoric acid groups is 4. The van der Waals surface area contributed by atoms with Crippen LogP contribution in [0.1, 0.15) is 18.7 Å². The van der Waals surface area contributed by atoms with Gasteiger partial charge in [0, 0.05) is 26.3 Å². The lowest BCUT2D eigenvalue weighted by molar-refractivity contribution is -0.745. The van der Waals surface area contributed by atoms with Gasteiger partial charge in [-0.05, 0) is 6.07 Å². The first-order valence-corrected chi connectivity index (χ1v) is 28.9. The molecule has 9 rings (SSSR count). The molecular formula is C36H51N14O26P4+. The Bertz CT molecular complexity index is 3670. The normalized spacial score (nSPS) is 29.3. The predicted molar refractivity (Wildman–Crippen MR) is 259 cm³/mol. The van der Waals surface area contributed by atoms with Crippen molar-refractivity contribution < 1.29 is 113 Å². The van der Waals surface area contributed by atoms with E-state index >= 15 is 0 Å². The topological polar surface area (TPSA) is 568 Å². The van der Waals surface area contributed by atoms with Crippen LogP contribution >= 0.6 is 31.3 Å². The molecule has 44 heteroatoms. The number of ether oxygens (including phenoxy) is 6. The van der Waals surface area contributed by atoms with Crippen molar-refractivity contribution in [2.45, 2.75) is 67.5 Å². The summed E-state index contributed by atoms with van der Waals surface area (Å²) in [6.45, 7) is -3.95. The molecule has 40 nitrogen and oxygen atoms in total. The van der Waals surface area contributed by atoms with Crippen LogP contribution in [0.4, 0.5) is 17.8 Å². The van der Waals surface area contributed by atoms with E-state index < -0.39 is 141 Å². The number of aryl methyl sites for hydroxylation is 1. The molecular weight excluding hydrogens is 1170 g/mol. The lowest BCUT2D eigenvalue weighted by Crippen LogP contribution is -2.45. The van der Waals surface area contributed by atoms with Crippen molar-refractivity contribution in [1.82, 2.24) is 48.6 Å². The van der Waals surface area contributed by atoms with Crippen molar-refractivity contribution >= 4 is 82.5 Å². The number of aliphatic hydroxyl groups is 3. The highest BCUT2D eigenvalue weighted by Crippen LogP contribution is 2.68. The molecule has 0 amide bonds. The number of nitrogens with zero attached hydrogens (tertiary/aromatic N) is 8. The molecule has 16 N–H and O–H groups in total. The molecule has 0 bridgehead atoms.